The first-order valence-corrected chi connectivity index (χ1v) is 3.99. The summed E-state index contributed by atoms with van der Waals surface area (Å²) in [5.74, 6) is 0. The number of ether oxygens (including phenoxy) is 1. The number of hydrogen-bond donors (Lipinski definition) is 1. The summed E-state index contributed by atoms with van der Waals surface area (Å²) < 4.78 is 5.48. The van der Waals surface area contributed by atoms with E-state index in [0.717, 1.165) is 6.42 Å². The Morgan fingerprint density at radius 1 is 1.30 bits per heavy atom. The molecule has 0 saturated heterocycles. The van der Waals surface area contributed by atoms with Gasteiger partial charge in [0.2, 0.25) is 0 Å². The van der Waals surface area contributed by atoms with Crippen molar-refractivity contribution in [2.45, 2.75) is 52.4 Å². The minimum Gasteiger partial charge on any atom is -0.374 e. The lowest BCUT2D eigenvalue weighted by molar-refractivity contribution is 0.00406. The van der Waals surface area contributed by atoms with Crippen molar-refractivity contribution in [3.05, 3.63) is 0 Å². The highest BCUT2D eigenvalue weighted by Crippen LogP contribution is 2.02. The van der Waals surface area contributed by atoms with Gasteiger partial charge >= 0.3 is 0 Å². The molecule has 0 amide bonds. The van der Waals surface area contributed by atoms with Gasteiger partial charge in [-0.15, -0.1) is 0 Å². The molecule has 0 aromatic rings. The normalized spacial score (nSPS) is 17.4. The average Bonchev–Trinajstić information content (AvgIpc) is 1.85. The van der Waals surface area contributed by atoms with E-state index in [9.17, 15) is 0 Å². The van der Waals surface area contributed by atoms with Gasteiger partial charge in [0.25, 0.3) is 0 Å². The van der Waals surface area contributed by atoms with Crippen LogP contribution >= 0.6 is 0 Å². The van der Waals surface area contributed by atoms with Crippen LogP contribution in [-0.4, -0.2) is 18.2 Å². The zero-order valence-corrected chi connectivity index (χ0v) is 7.42. The zero-order valence-electron chi connectivity index (χ0n) is 7.42. The molecule has 62 valence electrons. The Labute approximate surface area is 63.7 Å². The monoisotopic (exact) mass is 145 g/mol. The molecule has 0 heterocycles. The largest absolute Gasteiger partial charge is 0.374 e. The van der Waals surface area contributed by atoms with E-state index in [-0.39, 0.29) is 18.2 Å². The van der Waals surface area contributed by atoms with Gasteiger partial charge in [0.1, 0.15) is 0 Å². The van der Waals surface area contributed by atoms with Crippen LogP contribution in [0.4, 0.5) is 0 Å². The van der Waals surface area contributed by atoms with Gasteiger partial charge < -0.3 is 10.5 Å². The van der Waals surface area contributed by atoms with E-state index in [0.29, 0.717) is 0 Å². The summed E-state index contributed by atoms with van der Waals surface area (Å²) in [5, 5.41) is 0. The fourth-order valence-electron chi connectivity index (χ4n) is 0.862. The first-order chi connectivity index (χ1) is 4.57. The van der Waals surface area contributed by atoms with Crippen LogP contribution in [0.25, 0.3) is 0 Å². The van der Waals surface area contributed by atoms with Gasteiger partial charge in [-0.3, -0.25) is 0 Å². The van der Waals surface area contributed by atoms with Crippen molar-refractivity contribution in [3.8, 4) is 0 Å². The topological polar surface area (TPSA) is 35.2 Å². The SMILES string of the molecule is CCC(N)C(C)OC(C)C. The number of rotatable bonds is 4. The quantitative estimate of drug-likeness (QED) is 0.651. The molecule has 0 saturated carbocycles. The van der Waals surface area contributed by atoms with Crippen molar-refractivity contribution in [1.82, 2.24) is 0 Å². The maximum atomic E-state index is 5.74. The number of nitrogens with two attached hydrogens (primary N) is 1. The Morgan fingerprint density at radius 3 is 2.10 bits per heavy atom. The molecule has 0 aromatic carbocycles. The first-order valence-electron chi connectivity index (χ1n) is 3.99. The van der Waals surface area contributed by atoms with Crippen molar-refractivity contribution in [2.24, 2.45) is 5.73 Å². The van der Waals surface area contributed by atoms with Crippen molar-refractivity contribution >= 4 is 0 Å². The average molecular weight is 145 g/mol. The molecule has 0 aliphatic carbocycles. The Morgan fingerprint density at radius 2 is 1.80 bits per heavy atom. The third-order valence-corrected chi connectivity index (χ3v) is 1.56. The third kappa shape index (κ3) is 3.85. The van der Waals surface area contributed by atoms with Gasteiger partial charge in [-0.25, -0.2) is 0 Å². The highest BCUT2D eigenvalue weighted by atomic mass is 16.5. The van der Waals surface area contributed by atoms with Gasteiger partial charge in [0, 0.05) is 6.04 Å². The molecule has 2 N–H and O–H groups in total. The van der Waals surface area contributed by atoms with Crippen LogP contribution in [0.5, 0.6) is 0 Å². The minimum absolute atomic E-state index is 0.183. The van der Waals surface area contributed by atoms with Gasteiger partial charge in [0.05, 0.1) is 12.2 Å². The molecule has 0 aliphatic rings. The van der Waals surface area contributed by atoms with E-state index in [1.54, 1.807) is 0 Å². The lowest BCUT2D eigenvalue weighted by Crippen LogP contribution is -2.35. The van der Waals surface area contributed by atoms with Gasteiger partial charge in [-0.1, -0.05) is 6.92 Å². The second-order valence-corrected chi connectivity index (χ2v) is 2.96. The molecule has 2 unspecified atom stereocenters. The Kier molecular flexibility index (Phi) is 4.65. The van der Waals surface area contributed by atoms with E-state index in [1.165, 1.54) is 0 Å². The molecule has 0 bridgehead atoms. The molecular weight excluding hydrogens is 126 g/mol. The summed E-state index contributed by atoms with van der Waals surface area (Å²) in [4.78, 5) is 0. The van der Waals surface area contributed by atoms with E-state index in [1.807, 2.05) is 20.8 Å². The molecule has 0 spiro atoms. The maximum Gasteiger partial charge on any atom is 0.0701 e. The molecule has 0 rings (SSSR count). The maximum absolute atomic E-state index is 5.74. The molecular formula is C8H19NO. The fraction of sp³-hybridized carbons (Fsp3) is 1.00. The molecule has 0 radical (unpaired) electrons. The van der Waals surface area contributed by atoms with Crippen molar-refractivity contribution in [1.29, 1.82) is 0 Å². The summed E-state index contributed by atoms with van der Waals surface area (Å²) in [6.45, 7) is 8.15. The van der Waals surface area contributed by atoms with Gasteiger partial charge in [-0.2, -0.15) is 0 Å². The predicted octanol–water partition coefficient (Wildman–Crippen LogP) is 1.54. The van der Waals surface area contributed by atoms with E-state index in [4.69, 9.17) is 10.5 Å². The Hall–Kier alpha value is -0.0800. The smallest absolute Gasteiger partial charge is 0.0701 e. The summed E-state index contributed by atoms with van der Waals surface area (Å²) in [6, 6.07) is 0.183. The van der Waals surface area contributed by atoms with Crippen LogP contribution in [0.2, 0.25) is 0 Å². The third-order valence-electron chi connectivity index (χ3n) is 1.56. The van der Waals surface area contributed by atoms with Gasteiger partial charge in [0.15, 0.2) is 0 Å². The minimum atomic E-state index is 0.183. The van der Waals surface area contributed by atoms with Crippen LogP contribution in [0.15, 0.2) is 0 Å². The van der Waals surface area contributed by atoms with Crippen molar-refractivity contribution < 1.29 is 4.74 Å². The summed E-state index contributed by atoms with van der Waals surface area (Å²) >= 11 is 0. The molecule has 2 nitrogen and oxygen atoms in total. The predicted molar refractivity (Wildman–Crippen MR) is 43.9 cm³/mol. The van der Waals surface area contributed by atoms with Crippen LogP contribution in [0.3, 0.4) is 0 Å². The van der Waals surface area contributed by atoms with Crippen LogP contribution < -0.4 is 5.73 Å². The summed E-state index contributed by atoms with van der Waals surface area (Å²) in [6.07, 6.45) is 1.45. The fourth-order valence-corrected chi connectivity index (χ4v) is 0.862. The summed E-state index contributed by atoms with van der Waals surface area (Å²) in [5.41, 5.74) is 5.74. The summed E-state index contributed by atoms with van der Waals surface area (Å²) in [7, 11) is 0. The standard InChI is InChI=1S/C8H19NO/c1-5-8(9)7(4)10-6(2)3/h6-8H,5,9H2,1-4H3. The molecule has 0 aliphatic heterocycles. The lowest BCUT2D eigenvalue weighted by atomic mass is 10.1. The highest BCUT2D eigenvalue weighted by molar-refractivity contribution is 4.67. The molecule has 2 atom stereocenters. The molecule has 2 heteroatoms. The second-order valence-electron chi connectivity index (χ2n) is 2.96. The van der Waals surface area contributed by atoms with E-state index in [2.05, 4.69) is 6.92 Å². The van der Waals surface area contributed by atoms with E-state index < -0.39 is 0 Å². The highest BCUT2D eigenvalue weighted by Gasteiger charge is 2.11. The molecule has 0 fully saturated rings. The molecule has 10 heavy (non-hydrogen) atoms. The zero-order chi connectivity index (χ0) is 8.15. The lowest BCUT2D eigenvalue weighted by Gasteiger charge is -2.21. The van der Waals surface area contributed by atoms with Crippen LogP contribution in [0.1, 0.15) is 34.1 Å². The second kappa shape index (κ2) is 4.69. The molecule has 0 aromatic heterocycles. The van der Waals surface area contributed by atoms with Crippen molar-refractivity contribution in [3.63, 3.8) is 0 Å². The Balaban J connectivity index is 3.50. The van der Waals surface area contributed by atoms with Crippen LogP contribution in [0, 0.1) is 0 Å². The number of hydrogen-bond acceptors (Lipinski definition) is 2. The van der Waals surface area contributed by atoms with E-state index >= 15 is 0 Å². The first kappa shape index (κ1) is 9.92. The Bertz CT molecular complexity index is 83.3. The van der Waals surface area contributed by atoms with Crippen molar-refractivity contribution in [2.75, 3.05) is 0 Å². The van der Waals surface area contributed by atoms with Gasteiger partial charge in [-0.05, 0) is 27.2 Å². The van der Waals surface area contributed by atoms with Crippen LogP contribution in [-0.2, 0) is 4.74 Å².